The van der Waals surface area contributed by atoms with Crippen molar-refractivity contribution in [3.05, 3.63) is 36.0 Å². The van der Waals surface area contributed by atoms with E-state index in [1.165, 1.54) is 10.9 Å². The summed E-state index contributed by atoms with van der Waals surface area (Å²) in [5.41, 5.74) is 7.37. The first-order chi connectivity index (χ1) is 8.89. The van der Waals surface area contributed by atoms with E-state index in [0.29, 0.717) is 6.54 Å². The van der Waals surface area contributed by atoms with Gasteiger partial charge in [-0.25, -0.2) is 0 Å². The first kappa shape index (κ1) is 13.6. The molecular formula is C15H21N3O. The maximum Gasteiger partial charge on any atom is 0.241 e. The zero-order valence-electron chi connectivity index (χ0n) is 11.7. The molecule has 1 aromatic heterocycles. The van der Waals surface area contributed by atoms with Gasteiger partial charge in [-0.15, -0.1) is 0 Å². The average molecular weight is 259 g/mol. The van der Waals surface area contributed by atoms with Crippen LogP contribution >= 0.6 is 0 Å². The highest BCUT2D eigenvalue weighted by Crippen LogP contribution is 2.18. The molecule has 1 aromatic carbocycles. The molecule has 1 amide bonds. The molecule has 2 rings (SSSR count). The molecule has 102 valence electrons. The van der Waals surface area contributed by atoms with Crippen LogP contribution in [0.1, 0.15) is 19.4 Å². The second-order valence-corrected chi connectivity index (χ2v) is 5.56. The van der Waals surface area contributed by atoms with Crippen molar-refractivity contribution in [1.29, 1.82) is 0 Å². The van der Waals surface area contributed by atoms with Gasteiger partial charge in [-0.05, 0) is 31.9 Å². The smallest absolute Gasteiger partial charge is 0.241 e. The van der Waals surface area contributed by atoms with Crippen molar-refractivity contribution in [3.8, 4) is 0 Å². The highest BCUT2D eigenvalue weighted by molar-refractivity contribution is 5.85. The Balaban J connectivity index is 2.05. The van der Waals surface area contributed by atoms with Crippen LogP contribution in [0.4, 0.5) is 0 Å². The van der Waals surface area contributed by atoms with E-state index in [2.05, 4.69) is 17.1 Å². The molecule has 3 N–H and O–H groups in total. The van der Waals surface area contributed by atoms with Crippen LogP contribution in [0.2, 0.25) is 0 Å². The predicted molar refractivity (Wildman–Crippen MR) is 77.9 cm³/mol. The summed E-state index contributed by atoms with van der Waals surface area (Å²) in [6.07, 6.45) is 2.83. The third kappa shape index (κ3) is 2.96. The Morgan fingerprint density at radius 3 is 2.74 bits per heavy atom. The monoisotopic (exact) mass is 259 g/mol. The maximum atomic E-state index is 12.0. The number of fused-ring (bicyclic) bond motifs is 1. The van der Waals surface area contributed by atoms with E-state index in [-0.39, 0.29) is 5.91 Å². The Labute approximate surface area is 113 Å². The van der Waals surface area contributed by atoms with Crippen molar-refractivity contribution < 1.29 is 4.79 Å². The highest BCUT2D eigenvalue weighted by Gasteiger charge is 2.25. The number of amides is 1. The number of aromatic nitrogens is 1. The third-order valence-electron chi connectivity index (χ3n) is 3.29. The molecule has 0 bridgehead atoms. The second kappa shape index (κ2) is 5.05. The number of likely N-dealkylation sites (N-methyl/N-ethyl adjacent to an activating group) is 1. The molecule has 0 aliphatic heterocycles. The summed E-state index contributed by atoms with van der Waals surface area (Å²) in [5, 5.41) is 1.22. The lowest BCUT2D eigenvalue weighted by atomic mass is 10.1. The quantitative estimate of drug-likeness (QED) is 0.881. The van der Waals surface area contributed by atoms with E-state index >= 15 is 0 Å². The van der Waals surface area contributed by atoms with E-state index < -0.39 is 5.54 Å². The Kier molecular flexibility index (Phi) is 3.62. The lowest BCUT2D eigenvalue weighted by Gasteiger charge is -2.25. The molecule has 19 heavy (non-hydrogen) atoms. The standard InChI is InChI=1S/C15H21N3O/c1-15(2,16)14(19)18(3)9-8-11-10-17-13-7-5-4-6-12(11)13/h4-7,10,17H,8-9,16H2,1-3H3. The number of nitrogens with zero attached hydrogens (tertiary/aromatic N) is 1. The SMILES string of the molecule is CN(CCc1c[nH]c2ccccc12)C(=O)C(C)(C)N. The minimum absolute atomic E-state index is 0.0349. The van der Waals surface area contributed by atoms with Gasteiger partial charge in [-0.2, -0.15) is 0 Å². The topological polar surface area (TPSA) is 62.1 Å². The Hall–Kier alpha value is -1.81. The van der Waals surface area contributed by atoms with E-state index in [9.17, 15) is 4.79 Å². The van der Waals surface area contributed by atoms with Crippen molar-refractivity contribution >= 4 is 16.8 Å². The van der Waals surface area contributed by atoms with Crippen LogP contribution < -0.4 is 5.73 Å². The van der Waals surface area contributed by atoms with Crippen molar-refractivity contribution in [2.24, 2.45) is 5.73 Å². The van der Waals surface area contributed by atoms with Gasteiger partial charge in [0.25, 0.3) is 0 Å². The lowest BCUT2D eigenvalue weighted by molar-refractivity contribution is -0.134. The van der Waals surface area contributed by atoms with Crippen LogP contribution in [-0.4, -0.2) is 34.9 Å². The fourth-order valence-corrected chi connectivity index (χ4v) is 2.22. The molecule has 4 heteroatoms. The van der Waals surface area contributed by atoms with Crippen LogP contribution in [0.5, 0.6) is 0 Å². The Morgan fingerprint density at radius 2 is 2.05 bits per heavy atom. The highest BCUT2D eigenvalue weighted by atomic mass is 16.2. The maximum absolute atomic E-state index is 12.0. The first-order valence-corrected chi connectivity index (χ1v) is 6.49. The summed E-state index contributed by atoms with van der Waals surface area (Å²) >= 11 is 0. The Bertz CT molecular complexity index is 580. The van der Waals surface area contributed by atoms with Gasteiger partial charge in [0.2, 0.25) is 5.91 Å². The number of aromatic amines is 1. The Morgan fingerprint density at radius 1 is 1.37 bits per heavy atom. The molecular weight excluding hydrogens is 238 g/mol. The second-order valence-electron chi connectivity index (χ2n) is 5.56. The van der Waals surface area contributed by atoms with E-state index in [1.54, 1.807) is 25.8 Å². The summed E-state index contributed by atoms with van der Waals surface area (Å²) in [6.45, 7) is 4.14. The van der Waals surface area contributed by atoms with Gasteiger partial charge in [0, 0.05) is 30.7 Å². The van der Waals surface area contributed by atoms with Crippen LogP contribution in [0.3, 0.4) is 0 Å². The van der Waals surface area contributed by atoms with Gasteiger partial charge in [-0.3, -0.25) is 4.79 Å². The van der Waals surface area contributed by atoms with Crippen molar-refractivity contribution in [1.82, 2.24) is 9.88 Å². The number of rotatable bonds is 4. The number of nitrogens with one attached hydrogen (secondary N) is 1. The predicted octanol–water partition coefficient (Wildman–Crippen LogP) is 1.91. The molecule has 0 radical (unpaired) electrons. The van der Waals surface area contributed by atoms with Crippen LogP contribution in [0.15, 0.2) is 30.5 Å². The lowest BCUT2D eigenvalue weighted by Crippen LogP contribution is -2.50. The van der Waals surface area contributed by atoms with Crippen molar-refractivity contribution in [2.45, 2.75) is 25.8 Å². The minimum Gasteiger partial charge on any atom is -0.361 e. The van der Waals surface area contributed by atoms with Crippen molar-refractivity contribution in [3.63, 3.8) is 0 Å². The molecule has 0 saturated carbocycles. The molecule has 0 unspecified atom stereocenters. The summed E-state index contributed by atoms with van der Waals surface area (Å²) in [7, 11) is 1.80. The molecule has 4 nitrogen and oxygen atoms in total. The number of hydrogen-bond acceptors (Lipinski definition) is 2. The van der Waals surface area contributed by atoms with Crippen molar-refractivity contribution in [2.75, 3.05) is 13.6 Å². The number of para-hydroxylation sites is 1. The van der Waals surface area contributed by atoms with E-state index in [1.807, 2.05) is 18.3 Å². The fourth-order valence-electron chi connectivity index (χ4n) is 2.22. The van der Waals surface area contributed by atoms with Crippen LogP contribution in [0, 0.1) is 0 Å². The number of carbonyl (C=O) groups excluding carboxylic acids is 1. The van der Waals surface area contributed by atoms with Gasteiger partial charge in [0.05, 0.1) is 5.54 Å². The molecule has 1 heterocycles. The normalized spacial score (nSPS) is 11.8. The molecule has 0 aliphatic carbocycles. The number of hydrogen-bond donors (Lipinski definition) is 2. The number of carbonyl (C=O) groups is 1. The molecule has 0 atom stereocenters. The summed E-state index contributed by atoms with van der Waals surface area (Å²) < 4.78 is 0. The summed E-state index contributed by atoms with van der Waals surface area (Å²) in [6, 6.07) is 8.18. The molecule has 0 saturated heterocycles. The first-order valence-electron chi connectivity index (χ1n) is 6.49. The zero-order valence-corrected chi connectivity index (χ0v) is 11.7. The summed E-state index contributed by atoms with van der Waals surface area (Å²) in [5.74, 6) is -0.0349. The summed E-state index contributed by atoms with van der Waals surface area (Å²) in [4.78, 5) is 16.9. The van der Waals surface area contributed by atoms with E-state index in [0.717, 1.165) is 11.9 Å². The number of nitrogens with two attached hydrogens (primary N) is 1. The number of H-pyrrole nitrogens is 1. The van der Waals surface area contributed by atoms with Gasteiger partial charge in [-0.1, -0.05) is 18.2 Å². The van der Waals surface area contributed by atoms with Gasteiger partial charge in [0.15, 0.2) is 0 Å². The van der Waals surface area contributed by atoms with Crippen LogP contribution in [0.25, 0.3) is 10.9 Å². The minimum atomic E-state index is -0.811. The van der Waals surface area contributed by atoms with Gasteiger partial charge in [0.1, 0.15) is 0 Å². The largest absolute Gasteiger partial charge is 0.361 e. The molecule has 2 aromatic rings. The molecule has 0 fully saturated rings. The average Bonchev–Trinajstić information content (AvgIpc) is 2.77. The third-order valence-corrected chi connectivity index (χ3v) is 3.29. The van der Waals surface area contributed by atoms with Crippen LogP contribution in [-0.2, 0) is 11.2 Å². The van der Waals surface area contributed by atoms with Gasteiger partial charge >= 0.3 is 0 Å². The van der Waals surface area contributed by atoms with Gasteiger partial charge < -0.3 is 15.6 Å². The number of benzene rings is 1. The fraction of sp³-hybridized carbons (Fsp3) is 0.400. The zero-order chi connectivity index (χ0) is 14.0. The molecule has 0 spiro atoms. The van der Waals surface area contributed by atoms with E-state index in [4.69, 9.17) is 5.73 Å². The molecule has 0 aliphatic rings.